The highest BCUT2D eigenvalue weighted by atomic mass is 32.2. The Bertz CT molecular complexity index is 1560. The second-order valence-electron chi connectivity index (χ2n) is 13.3. The molecule has 4 rings (SSSR count). The first-order chi connectivity index (χ1) is 24.3. The molecular weight excluding hydrogens is 686 g/mol. The van der Waals surface area contributed by atoms with Crippen LogP contribution in [-0.2, 0) is 35.5 Å². The molecule has 3 amide bonds. The number of carboxylic acid groups (broad SMARTS) is 1. The molecule has 2 aliphatic heterocycles. The minimum absolute atomic E-state index is 0.0411. The third kappa shape index (κ3) is 10.8. The summed E-state index contributed by atoms with van der Waals surface area (Å²) < 4.78 is 46.3. The molecule has 0 unspecified atom stereocenters. The van der Waals surface area contributed by atoms with Gasteiger partial charge in [-0.15, -0.1) is 0 Å². The number of hydrogen-bond donors (Lipinski definition) is 4. The smallest absolute Gasteiger partial charge is 0.344 e. The van der Waals surface area contributed by atoms with Crippen molar-refractivity contribution in [2.24, 2.45) is 11.3 Å². The van der Waals surface area contributed by atoms with E-state index in [1.165, 1.54) is 38.4 Å². The van der Waals surface area contributed by atoms with Crippen molar-refractivity contribution in [3.8, 4) is 5.75 Å². The number of hydrogen-bond acceptors (Lipinski definition) is 12. The fourth-order valence-electron chi connectivity index (χ4n) is 6.43. The van der Waals surface area contributed by atoms with Crippen molar-refractivity contribution in [2.45, 2.75) is 62.5 Å². The van der Waals surface area contributed by atoms with Gasteiger partial charge in [-0.1, -0.05) is 44.2 Å². The summed E-state index contributed by atoms with van der Waals surface area (Å²) >= 11 is 0. The number of aliphatic hydroxyl groups excluding tert-OH is 1. The molecule has 0 saturated carbocycles. The predicted octanol–water partition coefficient (Wildman–Crippen LogP) is 0.458. The number of carbonyl (C=O) groups excluding carboxylic acids is 3. The Hall–Kier alpha value is -4.00. The molecule has 282 valence electrons. The number of ether oxygens (including phenoxy) is 3. The van der Waals surface area contributed by atoms with Gasteiger partial charge in [0.15, 0.2) is 6.29 Å². The third-order valence-corrected chi connectivity index (χ3v) is 10.9. The van der Waals surface area contributed by atoms with E-state index in [-0.39, 0.29) is 43.5 Å². The van der Waals surface area contributed by atoms with Gasteiger partial charge in [-0.25, -0.2) is 18.0 Å². The van der Waals surface area contributed by atoms with Gasteiger partial charge < -0.3 is 49.6 Å². The van der Waals surface area contributed by atoms with Crippen molar-refractivity contribution >= 4 is 28.1 Å². The highest BCUT2D eigenvalue weighted by molar-refractivity contribution is 7.89. The van der Waals surface area contributed by atoms with Crippen molar-refractivity contribution in [2.75, 3.05) is 53.6 Å². The molecule has 0 bridgehead atoms. The zero-order valence-electron chi connectivity index (χ0n) is 29.3. The van der Waals surface area contributed by atoms with E-state index >= 15 is 0 Å². The van der Waals surface area contributed by atoms with E-state index in [2.05, 4.69) is 21.0 Å². The molecule has 2 fully saturated rings. The summed E-state index contributed by atoms with van der Waals surface area (Å²) in [6, 6.07) is 12.5. The number of sulfonamides is 1. The van der Waals surface area contributed by atoms with E-state index in [4.69, 9.17) is 14.2 Å². The first-order valence-corrected chi connectivity index (χ1v) is 18.2. The summed E-state index contributed by atoms with van der Waals surface area (Å²) in [6.07, 6.45) is -2.65. The van der Waals surface area contributed by atoms with Gasteiger partial charge in [0.25, 0.3) is 0 Å². The number of carbonyl (C=O) groups is 3. The average molecular weight is 735 g/mol. The maximum atomic E-state index is 14.3. The van der Waals surface area contributed by atoms with Gasteiger partial charge in [0.1, 0.15) is 18.4 Å². The Morgan fingerprint density at radius 1 is 1.08 bits per heavy atom. The molecular formula is C34H48N5O11S-. The quantitative estimate of drug-likeness (QED) is 0.154. The minimum Gasteiger partial charge on any atom is -0.530 e. The lowest BCUT2D eigenvalue weighted by Gasteiger charge is -2.43. The number of nitrogens with zero attached hydrogens (tertiary/aromatic N) is 2. The molecule has 2 saturated heterocycles. The van der Waals surface area contributed by atoms with Gasteiger partial charge >= 0.3 is 12.0 Å². The molecule has 2 aliphatic rings. The Morgan fingerprint density at radius 3 is 2.43 bits per heavy atom. The highest BCUT2D eigenvalue weighted by Gasteiger charge is 2.47. The van der Waals surface area contributed by atoms with Crippen molar-refractivity contribution in [1.29, 1.82) is 0 Å². The van der Waals surface area contributed by atoms with Crippen molar-refractivity contribution < 1.29 is 52.1 Å². The van der Waals surface area contributed by atoms with Crippen LogP contribution in [0, 0.1) is 11.3 Å². The molecule has 16 nitrogen and oxygen atoms in total. The maximum absolute atomic E-state index is 14.3. The van der Waals surface area contributed by atoms with Gasteiger partial charge in [0.05, 0.1) is 43.4 Å². The fraction of sp³-hybridized carbons (Fsp3) is 0.559. The van der Waals surface area contributed by atoms with Crippen molar-refractivity contribution in [3.63, 3.8) is 0 Å². The average Bonchev–Trinajstić information content (AvgIpc) is 3.72. The largest absolute Gasteiger partial charge is 0.530 e. The van der Waals surface area contributed by atoms with Crippen LogP contribution in [0.25, 0.3) is 0 Å². The molecule has 4 N–H and O–H groups in total. The number of methoxy groups -OCH3 is 1. The SMILES string of the molecule is CNOC(=O)CNC(=O)NCCC(C)(C)CN(C[C@@H](O)[C@H](Cc1ccccc1)N(C(=O)[O-])[C@H]1CO[C@H]2OCC[C@H]21)S(=O)(=O)c1ccc(OC)cc1. The molecule has 2 heterocycles. The summed E-state index contributed by atoms with van der Waals surface area (Å²) in [5.74, 6) is -0.513. The zero-order valence-corrected chi connectivity index (χ0v) is 30.1. The zero-order chi connectivity index (χ0) is 37.2. The van der Waals surface area contributed by atoms with Gasteiger partial charge in [0.2, 0.25) is 10.0 Å². The van der Waals surface area contributed by atoms with Crippen molar-refractivity contribution in [3.05, 3.63) is 60.2 Å². The number of benzene rings is 2. The number of nitrogens with one attached hydrogen (secondary N) is 3. The highest BCUT2D eigenvalue weighted by Crippen LogP contribution is 2.36. The lowest BCUT2D eigenvalue weighted by molar-refractivity contribution is -0.273. The van der Waals surface area contributed by atoms with E-state index in [1.807, 2.05) is 32.0 Å². The standard InChI is InChI=1S/C34H49N5O11S/c1-34(2,15-16-36-32(42)37-19-30(41)50-35-3)22-38(51(45,46)25-12-10-24(47-4)11-13-25)20-29(40)27(18-23-8-6-5-7-9-23)39(33(43)44)28-21-49-31-26(28)14-17-48-31/h5-13,26-29,31,35,40H,14-22H2,1-4H3,(H,43,44)(H2,36,37,42)/p-1/t26-,27-,28-,29+,31+/m0/s1. The molecule has 51 heavy (non-hydrogen) atoms. The lowest BCUT2D eigenvalue weighted by atomic mass is 9.89. The van der Waals surface area contributed by atoms with Gasteiger partial charge in [-0.2, -0.15) is 9.79 Å². The van der Waals surface area contributed by atoms with E-state index in [1.54, 1.807) is 12.1 Å². The second kappa shape index (κ2) is 18.0. The topological polar surface area (TPSA) is 208 Å². The number of hydroxylamine groups is 1. The number of rotatable bonds is 18. The number of aliphatic hydroxyl groups is 1. The van der Waals surface area contributed by atoms with Gasteiger partial charge in [0, 0.05) is 32.6 Å². The van der Waals surface area contributed by atoms with Crippen molar-refractivity contribution in [1.82, 2.24) is 25.3 Å². The lowest BCUT2D eigenvalue weighted by Crippen LogP contribution is -2.61. The molecule has 2 aromatic carbocycles. The Morgan fingerprint density at radius 2 is 1.78 bits per heavy atom. The number of urea groups is 1. The maximum Gasteiger partial charge on any atom is 0.344 e. The van der Waals surface area contributed by atoms with Crippen LogP contribution in [0.3, 0.4) is 0 Å². The molecule has 2 aromatic rings. The Labute approximate surface area is 298 Å². The number of fused-ring (bicyclic) bond motifs is 1. The number of amides is 3. The second-order valence-corrected chi connectivity index (χ2v) is 15.2. The van der Waals surface area contributed by atoms with Crippen LogP contribution in [0.2, 0.25) is 0 Å². The predicted molar refractivity (Wildman–Crippen MR) is 181 cm³/mol. The monoisotopic (exact) mass is 734 g/mol. The van der Waals surface area contributed by atoms with Crippen LogP contribution in [0.5, 0.6) is 5.75 Å². The van der Waals surface area contributed by atoms with Crippen LogP contribution in [0.4, 0.5) is 9.59 Å². The van der Waals surface area contributed by atoms with E-state index in [9.17, 15) is 33.0 Å². The van der Waals surface area contributed by atoms with Crippen LogP contribution in [-0.4, -0.2) is 119 Å². The van der Waals surface area contributed by atoms with E-state index in [0.29, 0.717) is 25.2 Å². The van der Waals surface area contributed by atoms with E-state index in [0.717, 1.165) is 14.8 Å². The summed E-state index contributed by atoms with van der Waals surface area (Å²) in [6.45, 7) is 3.26. The summed E-state index contributed by atoms with van der Waals surface area (Å²) in [5, 5.41) is 29.9. The Balaban J connectivity index is 1.60. The molecule has 5 atom stereocenters. The molecule has 0 aliphatic carbocycles. The summed E-state index contributed by atoms with van der Waals surface area (Å²) in [4.78, 5) is 42.3. The normalized spacial score (nSPS) is 19.9. The summed E-state index contributed by atoms with van der Waals surface area (Å²) in [5.41, 5.74) is 2.19. The third-order valence-electron chi connectivity index (χ3n) is 9.05. The van der Waals surface area contributed by atoms with Crippen LogP contribution in [0.1, 0.15) is 32.3 Å². The first kappa shape index (κ1) is 39.8. The van der Waals surface area contributed by atoms with Crippen LogP contribution < -0.4 is 26.0 Å². The fourth-order valence-corrected chi connectivity index (χ4v) is 8.08. The molecule has 17 heteroatoms. The van der Waals surface area contributed by atoms with Gasteiger partial charge in [-0.3, -0.25) is 0 Å². The molecule has 0 spiro atoms. The minimum atomic E-state index is -4.27. The first-order valence-electron chi connectivity index (χ1n) is 16.7. The summed E-state index contributed by atoms with van der Waals surface area (Å²) in [7, 11) is -1.40. The van der Waals surface area contributed by atoms with Crippen LogP contribution >= 0.6 is 0 Å². The molecule has 0 radical (unpaired) electrons. The van der Waals surface area contributed by atoms with E-state index < -0.39 is 64.6 Å². The molecule has 0 aromatic heterocycles. The Kier molecular flexibility index (Phi) is 14.0. The van der Waals surface area contributed by atoms with Crippen LogP contribution in [0.15, 0.2) is 59.5 Å². The van der Waals surface area contributed by atoms with Gasteiger partial charge in [-0.05, 0) is 54.5 Å².